The van der Waals surface area contributed by atoms with Gasteiger partial charge in [0, 0.05) is 43.6 Å². The molecule has 0 aromatic carbocycles. The fourth-order valence-corrected chi connectivity index (χ4v) is 4.60. The summed E-state index contributed by atoms with van der Waals surface area (Å²) >= 11 is 0. The summed E-state index contributed by atoms with van der Waals surface area (Å²) in [7, 11) is 0. The van der Waals surface area contributed by atoms with Crippen molar-refractivity contribution in [3.8, 4) is 0 Å². The van der Waals surface area contributed by atoms with E-state index in [1.54, 1.807) is 0 Å². The Morgan fingerprint density at radius 3 is 2.56 bits per heavy atom. The van der Waals surface area contributed by atoms with Gasteiger partial charge in [-0.3, -0.25) is 9.69 Å². The van der Waals surface area contributed by atoms with Crippen LogP contribution >= 0.6 is 24.8 Å². The topological polar surface area (TPSA) is 76.8 Å². The SMILES string of the molecule is CC(CN1CCOCC1)NC(=O)C1(N)C2CCCOC2C1(C)C.Cl.Cl. The molecule has 3 aliphatic rings. The van der Waals surface area contributed by atoms with Crippen LogP contribution in [0.1, 0.15) is 33.6 Å². The Hall–Kier alpha value is -0.110. The maximum Gasteiger partial charge on any atom is 0.241 e. The molecule has 2 heterocycles. The van der Waals surface area contributed by atoms with Crippen LogP contribution in [0, 0.1) is 11.3 Å². The third kappa shape index (κ3) is 3.94. The molecule has 0 aromatic rings. The first-order valence-corrected chi connectivity index (χ1v) is 8.89. The molecular formula is C17H33Cl2N3O3. The summed E-state index contributed by atoms with van der Waals surface area (Å²) in [5, 5.41) is 3.16. The zero-order valence-electron chi connectivity index (χ0n) is 15.5. The molecule has 2 aliphatic heterocycles. The molecule has 1 saturated carbocycles. The third-order valence-electron chi connectivity index (χ3n) is 6.07. The summed E-state index contributed by atoms with van der Waals surface area (Å²) in [5.74, 6) is 0.122. The standard InChI is InChI=1S/C17H31N3O3.2ClH/c1-12(11-20-6-9-22-10-7-20)19-15(21)17(18)13-5-4-8-23-14(13)16(17,2)3;;/h12-14H,4-11,18H2,1-3H3,(H,19,21);2*1H. The Bertz CT molecular complexity index is 460. The van der Waals surface area contributed by atoms with Crippen LogP contribution in [-0.2, 0) is 14.3 Å². The molecule has 1 amide bonds. The van der Waals surface area contributed by atoms with E-state index in [1.165, 1.54) is 0 Å². The van der Waals surface area contributed by atoms with Crippen LogP contribution in [0.25, 0.3) is 0 Å². The molecule has 3 rings (SSSR count). The number of fused-ring (bicyclic) bond motifs is 1. The molecule has 0 bridgehead atoms. The minimum Gasteiger partial charge on any atom is -0.379 e. The van der Waals surface area contributed by atoms with Gasteiger partial charge in [0.25, 0.3) is 0 Å². The van der Waals surface area contributed by atoms with Crippen molar-refractivity contribution in [2.24, 2.45) is 17.1 Å². The summed E-state index contributed by atoms with van der Waals surface area (Å²) in [6.45, 7) is 11.2. The number of nitrogens with two attached hydrogens (primary N) is 1. The molecule has 0 aromatic heterocycles. The number of amides is 1. The summed E-state index contributed by atoms with van der Waals surface area (Å²) in [6, 6.07) is 0.0837. The second kappa shape index (κ2) is 8.72. The lowest BCUT2D eigenvalue weighted by Gasteiger charge is -2.65. The van der Waals surface area contributed by atoms with E-state index in [0.717, 1.165) is 52.3 Å². The Morgan fingerprint density at radius 2 is 1.92 bits per heavy atom. The Kier molecular flexibility index (Phi) is 8.00. The number of hydrogen-bond donors (Lipinski definition) is 2. The highest BCUT2D eigenvalue weighted by Crippen LogP contribution is 2.57. The lowest BCUT2D eigenvalue weighted by molar-refractivity contribution is -0.225. The van der Waals surface area contributed by atoms with Gasteiger partial charge in [0.1, 0.15) is 5.54 Å². The molecule has 1 aliphatic carbocycles. The van der Waals surface area contributed by atoms with Crippen molar-refractivity contribution < 1.29 is 14.3 Å². The maximum atomic E-state index is 12.9. The average molecular weight is 398 g/mol. The monoisotopic (exact) mass is 397 g/mol. The van der Waals surface area contributed by atoms with Crippen LogP contribution < -0.4 is 11.1 Å². The number of carbonyl (C=O) groups excluding carboxylic acids is 1. The van der Waals surface area contributed by atoms with Crippen LogP contribution in [0.3, 0.4) is 0 Å². The first kappa shape index (κ1) is 22.9. The average Bonchev–Trinajstić information content (AvgIpc) is 2.54. The van der Waals surface area contributed by atoms with Crippen LogP contribution in [0.5, 0.6) is 0 Å². The highest BCUT2D eigenvalue weighted by Gasteiger charge is 2.70. The van der Waals surface area contributed by atoms with E-state index in [2.05, 4.69) is 31.0 Å². The molecule has 3 fully saturated rings. The number of rotatable bonds is 4. The summed E-state index contributed by atoms with van der Waals surface area (Å²) in [4.78, 5) is 15.3. The smallest absolute Gasteiger partial charge is 0.241 e. The minimum absolute atomic E-state index is 0. The predicted octanol–water partition coefficient (Wildman–Crippen LogP) is 1.20. The normalized spacial score (nSPS) is 35.2. The fourth-order valence-electron chi connectivity index (χ4n) is 4.60. The Balaban J connectivity index is 0.00000156. The van der Waals surface area contributed by atoms with Gasteiger partial charge >= 0.3 is 0 Å². The molecule has 6 nitrogen and oxygen atoms in total. The van der Waals surface area contributed by atoms with Gasteiger partial charge in [-0.2, -0.15) is 0 Å². The maximum absolute atomic E-state index is 12.9. The zero-order valence-corrected chi connectivity index (χ0v) is 17.1. The fraction of sp³-hybridized carbons (Fsp3) is 0.941. The summed E-state index contributed by atoms with van der Waals surface area (Å²) < 4.78 is 11.2. The molecule has 4 atom stereocenters. The van der Waals surface area contributed by atoms with Gasteiger partial charge in [-0.25, -0.2) is 0 Å². The van der Waals surface area contributed by atoms with Crippen molar-refractivity contribution in [1.29, 1.82) is 0 Å². The quantitative estimate of drug-likeness (QED) is 0.744. The zero-order chi connectivity index (χ0) is 16.7. The molecule has 2 saturated heterocycles. The van der Waals surface area contributed by atoms with Crippen molar-refractivity contribution in [2.45, 2.75) is 51.3 Å². The van der Waals surface area contributed by atoms with E-state index >= 15 is 0 Å². The van der Waals surface area contributed by atoms with Crippen molar-refractivity contribution in [3.05, 3.63) is 0 Å². The molecule has 8 heteroatoms. The number of carbonyl (C=O) groups is 1. The van der Waals surface area contributed by atoms with Crippen molar-refractivity contribution in [1.82, 2.24) is 10.2 Å². The summed E-state index contributed by atoms with van der Waals surface area (Å²) in [6.07, 6.45) is 2.09. The van der Waals surface area contributed by atoms with E-state index < -0.39 is 5.54 Å². The van der Waals surface area contributed by atoms with Gasteiger partial charge in [0.05, 0.1) is 19.3 Å². The molecule has 0 radical (unpaired) electrons. The molecular weight excluding hydrogens is 365 g/mol. The van der Waals surface area contributed by atoms with E-state index in [0.29, 0.717) is 0 Å². The van der Waals surface area contributed by atoms with E-state index in [4.69, 9.17) is 15.2 Å². The van der Waals surface area contributed by atoms with Gasteiger partial charge < -0.3 is 20.5 Å². The van der Waals surface area contributed by atoms with Gasteiger partial charge in [-0.05, 0) is 19.8 Å². The van der Waals surface area contributed by atoms with Crippen molar-refractivity contribution >= 4 is 30.7 Å². The highest BCUT2D eigenvalue weighted by atomic mass is 35.5. The van der Waals surface area contributed by atoms with Crippen LogP contribution in [0.4, 0.5) is 0 Å². The molecule has 3 N–H and O–H groups in total. The van der Waals surface area contributed by atoms with Gasteiger partial charge in [-0.15, -0.1) is 24.8 Å². The lowest BCUT2D eigenvalue weighted by Crippen LogP contribution is -2.82. The molecule has 0 spiro atoms. The predicted molar refractivity (Wildman–Crippen MR) is 103 cm³/mol. The summed E-state index contributed by atoms with van der Waals surface area (Å²) in [5.41, 5.74) is 5.49. The second-order valence-corrected chi connectivity index (χ2v) is 7.92. The number of halogens is 2. The Morgan fingerprint density at radius 1 is 1.28 bits per heavy atom. The van der Waals surface area contributed by atoms with E-state index in [9.17, 15) is 4.79 Å². The minimum atomic E-state index is -0.822. The number of ether oxygens (including phenoxy) is 2. The number of nitrogens with one attached hydrogen (secondary N) is 1. The second-order valence-electron chi connectivity index (χ2n) is 7.92. The van der Waals surface area contributed by atoms with Gasteiger partial charge in [-0.1, -0.05) is 13.8 Å². The highest BCUT2D eigenvalue weighted by molar-refractivity contribution is 5.89. The van der Waals surface area contributed by atoms with Crippen LogP contribution in [-0.4, -0.2) is 67.9 Å². The van der Waals surface area contributed by atoms with Crippen LogP contribution in [0.15, 0.2) is 0 Å². The first-order valence-electron chi connectivity index (χ1n) is 8.89. The Labute approximate surface area is 163 Å². The van der Waals surface area contributed by atoms with Crippen molar-refractivity contribution in [2.75, 3.05) is 39.5 Å². The number of morpholine rings is 1. The molecule has 4 unspecified atom stereocenters. The van der Waals surface area contributed by atoms with Gasteiger partial charge in [0.15, 0.2) is 0 Å². The van der Waals surface area contributed by atoms with Crippen molar-refractivity contribution in [3.63, 3.8) is 0 Å². The largest absolute Gasteiger partial charge is 0.379 e. The number of nitrogens with zero attached hydrogens (tertiary/aromatic N) is 1. The van der Waals surface area contributed by atoms with Gasteiger partial charge in [0.2, 0.25) is 5.91 Å². The number of hydrogen-bond acceptors (Lipinski definition) is 5. The van der Waals surface area contributed by atoms with Crippen LogP contribution in [0.2, 0.25) is 0 Å². The molecule has 25 heavy (non-hydrogen) atoms. The first-order chi connectivity index (χ1) is 10.9. The lowest BCUT2D eigenvalue weighted by atomic mass is 9.46. The van der Waals surface area contributed by atoms with E-state index in [-0.39, 0.29) is 54.2 Å². The third-order valence-corrected chi connectivity index (χ3v) is 6.07. The van der Waals surface area contributed by atoms with E-state index in [1.807, 2.05) is 0 Å². The molecule has 148 valence electrons.